The minimum atomic E-state index is -1.60. The molecule has 0 amide bonds. The predicted octanol–water partition coefficient (Wildman–Crippen LogP) is 1.80. The SMILES string of the molecule is COc1ccccc1C(O[C@H]1[C@@H](O)[C@H](O)[C@@H](CO)O[C@@H]1O)(c1ccccc1)c1ccccc1. The Balaban J connectivity index is 1.95. The lowest BCUT2D eigenvalue weighted by Crippen LogP contribution is -2.61. The number of benzene rings is 3. The van der Waals surface area contributed by atoms with Gasteiger partial charge in [0, 0.05) is 5.56 Å². The highest BCUT2D eigenvalue weighted by Crippen LogP contribution is 2.46. The van der Waals surface area contributed by atoms with Crippen LogP contribution >= 0.6 is 0 Å². The van der Waals surface area contributed by atoms with Crippen LogP contribution in [0.2, 0.25) is 0 Å². The van der Waals surface area contributed by atoms with E-state index < -0.39 is 42.9 Å². The fraction of sp³-hybridized carbons (Fsp3) is 0.308. The maximum Gasteiger partial charge on any atom is 0.184 e. The maximum atomic E-state index is 10.9. The number of ether oxygens (including phenoxy) is 3. The zero-order valence-corrected chi connectivity index (χ0v) is 18.2. The second kappa shape index (κ2) is 10.0. The maximum absolute atomic E-state index is 10.9. The first-order valence-corrected chi connectivity index (χ1v) is 10.8. The monoisotopic (exact) mass is 452 g/mol. The summed E-state index contributed by atoms with van der Waals surface area (Å²) in [6.07, 6.45) is -7.04. The van der Waals surface area contributed by atoms with Gasteiger partial charge in [-0.1, -0.05) is 78.9 Å². The summed E-state index contributed by atoms with van der Waals surface area (Å²) in [5, 5.41) is 41.5. The molecule has 4 rings (SSSR count). The third-order valence-electron chi connectivity index (χ3n) is 6.00. The number of aliphatic hydroxyl groups excluding tert-OH is 4. The van der Waals surface area contributed by atoms with Gasteiger partial charge in [0.2, 0.25) is 0 Å². The number of aliphatic hydroxyl groups is 4. The first kappa shape index (κ1) is 23.4. The average molecular weight is 453 g/mol. The van der Waals surface area contributed by atoms with Crippen molar-refractivity contribution in [2.45, 2.75) is 36.3 Å². The van der Waals surface area contributed by atoms with E-state index in [9.17, 15) is 20.4 Å². The van der Waals surface area contributed by atoms with Gasteiger partial charge in [-0.2, -0.15) is 0 Å². The molecule has 7 nitrogen and oxygen atoms in total. The zero-order valence-electron chi connectivity index (χ0n) is 18.2. The van der Waals surface area contributed by atoms with Gasteiger partial charge in [0.1, 0.15) is 35.8 Å². The van der Waals surface area contributed by atoms with Crippen LogP contribution < -0.4 is 4.74 Å². The Bertz CT molecular complexity index is 988. The Morgan fingerprint density at radius 3 is 1.88 bits per heavy atom. The quantitative estimate of drug-likeness (QED) is 0.405. The van der Waals surface area contributed by atoms with Gasteiger partial charge in [0.25, 0.3) is 0 Å². The van der Waals surface area contributed by atoms with Crippen molar-refractivity contribution in [3.8, 4) is 5.75 Å². The number of methoxy groups -OCH3 is 1. The molecule has 0 aromatic heterocycles. The van der Waals surface area contributed by atoms with E-state index in [1.165, 1.54) is 0 Å². The van der Waals surface area contributed by atoms with Gasteiger partial charge in [0.05, 0.1) is 13.7 Å². The minimum Gasteiger partial charge on any atom is -0.496 e. The Morgan fingerprint density at radius 1 is 0.788 bits per heavy atom. The van der Waals surface area contributed by atoms with Gasteiger partial charge in [-0.25, -0.2) is 0 Å². The Kier molecular flexibility index (Phi) is 7.09. The van der Waals surface area contributed by atoms with Crippen molar-refractivity contribution in [1.29, 1.82) is 0 Å². The molecule has 33 heavy (non-hydrogen) atoms. The van der Waals surface area contributed by atoms with Crippen LogP contribution in [0.3, 0.4) is 0 Å². The highest BCUT2D eigenvalue weighted by atomic mass is 16.7. The minimum absolute atomic E-state index is 0.541. The lowest BCUT2D eigenvalue weighted by molar-refractivity contribution is -0.309. The summed E-state index contributed by atoms with van der Waals surface area (Å²) in [5.74, 6) is 0.541. The molecule has 3 aromatic rings. The van der Waals surface area contributed by atoms with Gasteiger partial charge in [0.15, 0.2) is 6.29 Å². The third-order valence-corrected chi connectivity index (χ3v) is 6.00. The number of rotatable bonds is 7. The lowest BCUT2D eigenvalue weighted by atomic mass is 9.79. The van der Waals surface area contributed by atoms with E-state index in [0.29, 0.717) is 11.3 Å². The van der Waals surface area contributed by atoms with Crippen molar-refractivity contribution in [1.82, 2.24) is 0 Å². The molecule has 1 heterocycles. The van der Waals surface area contributed by atoms with E-state index in [-0.39, 0.29) is 0 Å². The van der Waals surface area contributed by atoms with Crippen LogP contribution in [-0.2, 0) is 15.1 Å². The number of para-hydroxylation sites is 1. The summed E-state index contributed by atoms with van der Waals surface area (Å²) < 4.78 is 17.7. The molecule has 4 N–H and O–H groups in total. The molecule has 1 aliphatic heterocycles. The Hall–Kier alpha value is -2.78. The van der Waals surface area contributed by atoms with Gasteiger partial charge in [-0.05, 0) is 17.2 Å². The number of hydrogen-bond donors (Lipinski definition) is 4. The molecule has 174 valence electrons. The van der Waals surface area contributed by atoms with E-state index in [1.807, 2.05) is 78.9 Å². The first-order valence-electron chi connectivity index (χ1n) is 10.8. The van der Waals surface area contributed by atoms with E-state index in [4.69, 9.17) is 14.2 Å². The van der Waals surface area contributed by atoms with Crippen LogP contribution in [-0.4, -0.2) is 64.8 Å². The molecule has 5 atom stereocenters. The molecule has 1 aliphatic rings. The Morgan fingerprint density at radius 2 is 1.33 bits per heavy atom. The summed E-state index contributed by atoms with van der Waals surface area (Å²) in [5.41, 5.74) is 0.748. The molecule has 0 aliphatic carbocycles. The molecule has 1 saturated heterocycles. The van der Waals surface area contributed by atoms with Crippen LogP contribution in [0.25, 0.3) is 0 Å². The van der Waals surface area contributed by atoms with E-state index in [0.717, 1.165) is 11.1 Å². The van der Waals surface area contributed by atoms with Crippen LogP contribution in [0, 0.1) is 0 Å². The predicted molar refractivity (Wildman–Crippen MR) is 121 cm³/mol. The highest BCUT2D eigenvalue weighted by molar-refractivity contribution is 5.53. The van der Waals surface area contributed by atoms with Crippen LogP contribution in [0.1, 0.15) is 16.7 Å². The van der Waals surface area contributed by atoms with Crippen LogP contribution in [0.4, 0.5) is 0 Å². The molecule has 7 heteroatoms. The summed E-state index contributed by atoms with van der Waals surface area (Å²) in [7, 11) is 1.56. The van der Waals surface area contributed by atoms with Crippen LogP contribution in [0.15, 0.2) is 84.9 Å². The normalized spacial score (nSPS) is 25.5. The molecule has 0 spiro atoms. The largest absolute Gasteiger partial charge is 0.496 e. The Labute approximate surface area is 192 Å². The standard InChI is InChI=1S/C26H28O7/c1-31-20-15-9-8-14-19(20)26(17-10-4-2-5-11-17,18-12-6-3-7-13-18)33-24-23(29)22(28)21(16-27)32-25(24)30/h2-15,21-25,27-30H,16H2,1H3/t21-,22-,23+,24+,25+/m1/s1. The third kappa shape index (κ3) is 4.27. The average Bonchev–Trinajstić information content (AvgIpc) is 2.87. The first-order chi connectivity index (χ1) is 16.0. The van der Waals surface area contributed by atoms with E-state index in [1.54, 1.807) is 13.2 Å². The smallest absolute Gasteiger partial charge is 0.184 e. The molecular formula is C26H28O7. The summed E-state index contributed by atoms with van der Waals surface area (Å²) in [6, 6.07) is 26.1. The second-order valence-electron chi connectivity index (χ2n) is 7.92. The lowest BCUT2D eigenvalue weighted by Gasteiger charge is -2.45. The van der Waals surface area contributed by atoms with Gasteiger partial charge in [-0.3, -0.25) is 0 Å². The fourth-order valence-corrected chi connectivity index (χ4v) is 4.36. The molecule has 0 unspecified atom stereocenters. The molecule has 1 fully saturated rings. The molecular weight excluding hydrogens is 424 g/mol. The van der Waals surface area contributed by atoms with Crippen molar-refractivity contribution in [3.63, 3.8) is 0 Å². The summed E-state index contributed by atoms with van der Waals surface area (Å²) in [6.45, 7) is -0.559. The van der Waals surface area contributed by atoms with Gasteiger partial charge < -0.3 is 34.6 Å². The van der Waals surface area contributed by atoms with Crippen molar-refractivity contribution in [2.24, 2.45) is 0 Å². The summed E-state index contributed by atoms with van der Waals surface area (Å²) in [4.78, 5) is 0. The van der Waals surface area contributed by atoms with E-state index in [2.05, 4.69) is 0 Å². The highest BCUT2D eigenvalue weighted by Gasteiger charge is 2.50. The van der Waals surface area contributed by atoms with Crippen molar-refractivity contribution >= 4 is 0 Å². The topological polar surface area (TPSA) is 109 Å². The molecule has 0 saturated carbocycles. The number of hydrogen-bond acceptors (Lipinski definition) is 7. The van der Waals surface area contributed by atoms with Gasteiger partial charge in [-0.15, -0.1) is 0 Å². The van der Waals surface area contributed by atoms with Crippen molar-refractivity contribution < 1.29 is 34.6 Å². The van der Waals surface area contributed by atoms with Crippen LogP contribution in [0.5, 0.6) is 5.75 Å². The molecule has 0 radical (unpaired) electrons. The zero-order chi connectivity index (χ0) is 23.4. The summed E-state index contributed by atoms with van der Waals surface area (Å²) >= 11 is 0. The van der Waals surface area contributed by atoms with E-state index >= 15 is 0 Å². The second-order valence-corrected chi connectivity index (χ2v) is 7.92. The fourth-order valence-electron chi connectivity index (χ4n) is 4.36. The molecule has 3 aromatic carbocycles. The van der Waals surface area contributed by atoms with Gasteiger partial charge >= 0.3 is 0 Å². The van der Waals surface area contributed by atoms with Crippen molar-refractivity contribution in [2.75, 3.05) is 13.7 Å². The molecule has 0 bridgehead atoms. The van der Waals surface area contributed by atoms with Crippen molar-refractivity contribution in [3.05, 3.63) is 102 Å².